The van der Waals surface area contributed by atoms with Gasteiger partial charge in [0.05, 0.1) is 0 Å². The lowest BCUT2D eigenvalue weighted by atomic mass is 9.91. The molecule has 0 unspecified atom stereocenters. The highest BCUT2D eigenvalue weighted by atomic mass is 16.1. The smallest absolute Gasteiger partial charge is 0.136 e. The quantitative estimate of drug-likeness (QED) is 0.735. The van der Waals surface area contributed by atoms with Crippen molar-refractivity contribution in [2.24, 2.45) is 5.41 Å². The van der Waals surface area contributed by atoms with E-state index >= 15 is 0 Å². The SMILES string of the molecule is CC(=O)C1(Cc2cc(C)cc(C)c2)CC1. The van der Waals surface area contributed by atoms with Gasteiger partial charge in [0.1, 0.15) is 5.78 Å². The summed E-state index contributed by atoms with van der Waals surface area (Å²) in [4.78, 5) is 11.5. The molecule has 1 nitrogen and oxygen atoms in total. The van der Waals surface area contributed by atoms with Crippen molar-refractivity contribution in [2.75, 3.05) is 0 Å². The standard InChI is InChI=1S/C14H18O/c1-10-6-11(2)8-13(7-10)9-14(4-5-14)12(3)15/h6-8H,4-5,9H2,1-3H3. The molecule has 80 valence electrons. The summed E-state index contributed by atoms with van der Waals surface area (Å²) in [5.74, 6) is 0.363. The Balaban J connectivity index is 2.21. The zero-order chi connectivity index (χ0) is 11.1. The van der Waals surface area contributed by atoms with Crippen LogP contribution >= 0.6 is 0 Å². The van der Waals surface area contributed by atoms with E-state index in [-0.39, 0.29) is 5.41 Å². The minimum absolute atomic E-state index is 0.000231. The van der Waals surface area contributed by atoms with Crippen LogP contribution in [-0.2, 0) is 11.2 Å². The van der Waals surface area contributed by atoms with E-state index in [1.54, 1.807) is 6.92 Å². The van der Waals surface area contributed by atoms with E-state index in [2.05, 4.69) is 32.0 Å². The van der Waals surface area contributed by atoms with Gasteiger partial charge < -0.3 is 0 Å². The van der Waals surface area contributed by atoms with E-state index < -0.39 is 0 Å². The normalized spacial score (nSPS) is 17.5. The third kappa shape index (κ3) is 2.11. The molecule has 0 radical (unpaired) electrons. The van der Waals surface area contributed by atoms with Crippen LogP contribution in [-0.4, -0.2) is 5.78 Å². The number of hydrogen-bond acceptors (Lipinski definition) is 1. The lowest BCUT2D eigenvalue weighted by molar-refractivity contribution is -0.121. The Bertz CT molecular complexity index is 380. The molecule has 1 aliphatic rings. The van der Waals surface area contributed by atoms with Crippen LogP contribution in [0.5, 0.6) is 0 Å². The van der Waals surface area contributed by atoms with Crippen LogP contribution in [0.2, 0.25) is 0 Å². The summed E-state index contributed by atoms with van der Waals surface area (Å²) >= 11 is 0. The van der Waals surface area contributed by atoms with Crippen LogP contribution < -0.4 is 0 Å². The van der Waals surface area contributed by atoms with Gasteiger partial charge in [0, 0.05) is 5.41 Å². The molecule has 0 bridgehead atoms. The maximum atomic E-state index is 11.5. The monoisotopic (exact) mass is 202 g/mol. The van der Waals surface area contributed by atoms with Crippen LogP contribution in [0.1, 0.15) is 36.5 Å². The number of benzene rings is 1. The molecule has 0 aromatic heterocycles. The molecule has 1 aromatic carbocycles. The predicted octanol–water partition coefficient (Wildman–Crippen LogP) is 3.22. The number of carbonyl (C=O) groups excluding carboxylic acids is 1. The number of carbonyl (C=O) groups is 1. The topological polar surface area (TPSA) is 17.1 Å². The largest absolute Gasteiger partial charge is 0.299 e. The summed E-state index contributed by atoms with van der Waals surface area (Å²) in [6.45, 7) is 5.96. The van der Waals surface area contributed by atoms with E-state index in [9.17, 15) is 4.79 Å². The highest BCUT2D eigenvalue weighted by Gasteiger charge is 2.46. The molecule has 1 saturated carbocycles. The third-order valence-corrected chi connectivity index (χ3v) is 3.42. The van der Waals surface area contributed by atoms with Crippen LogP contribution in [0.25, 0.3) is 0 Å². The molecule has 0 atom stereocenters. The number of Topliss-reactive ketones (excluding diaryl/α,β-unsaturated/α-hetero) is 1. The molecule has 2 rings (SSSR count). The van der Waals surface area contributed by atoms with Gasteiger partial charge in [-0.2, -0.15) is 0 Å². The summed E-state index contributed by atoms with van der Waals surface area (Å²) in [6, 6.07) is 6.59. The summed E-state index contributed by atoms with van der Waals surface area (Å²) in [6.07, 6.45) is 3.09. The first-order valence-electron chi connectivity index (χ1n) is 5.60. The highest BCUT2D eigenvalue weighted by Crippen LogP contribution is 2.49. The predicted molar refractivity (Wildman–Crippen MR) is 62.0 cm³/mol. The molecule has 0 aliphatic heterocycles. The molecule has 0 heterocycles. The van der Waals surface area contributed by atoms with Gasteiger partial charge in [0.15, 0.2) is 0 Å². The van der Waals surface area contributed by atoms with Crippen LogP contribution in [0, 0.1) is 19.3 Å². The molecule has 15 heavy (non-hydrogen) atoms. The van der Waals surface area contributed by atoms with Gasteiger partial charge in [-0.15, -0.1) is 0 Å². The average molecular weight is 202 g/mol. The fourth-order valence-corrected chi connectivity index (χ4v) is 2.37. The zero-order valence-electron chi connectivity index (χ0n) is 9.76. The number of rotatable bonds is 3. The van der Waals surface area contributed by atoms with Crippen LogP contribution in [0.15, 0.2) is 18.2 Å². The van der Waals surface area contributed by atoms with Crippen molar-refractivity contribution in [1.29, 1.82) is 0 Å². The lowest BCUT2D eigenvalue weighted by Crippen LogP contribution is -2.15. The number of ketones is 1. The average Bonchev–Trinajstić information content (AvgIpc) is 2.83. The van der Waals surface area contributed by atoms with Gasteiger partial charge in [0.2, 0.25) is 0 Å². The molecule has 0 N–H and O–H groups in total. The molecule has 1 aromatic rings. The summed E-state index contributed by atoms with van der Waals surface area (Å²) in [5.41, 5.74) is 3.91. The fourth-order valence-electron chi connectivity index (χ4n) is 2.37. The first-order chi connectivity index (χ1) is 7.02. The summed E-state index contributed by atoms with van der Waals surface area (Å²) in [7, 11) is 0. The molecule has 1 heteroatoms. The maximum Gasteiger partial charge on any atom is 0.136 e. The van der Waals surface area contributed by atoms with Crippen molar-refractivity contribution >= 4 is 5.78 Å². The first-order valence-corrected chi connectivity index (χ1v) is 5.60. The Kier molecular flexibility index (Phi) is 2.41. The minimum Gasteiger partial charge on any atom is -0.299 e. The van der Waals surface area contributed by atoms with Crippen molar-refractivity contribution < 1.29 is 4.79 Å². The molecule has 0 spiro atoms. The molecule has 1 aliphatic carbocycles. The molecular formula is C14H18O. The van der Waals surface area contributed by atoms with Crippen molar-refractivity contribution in [3.63, 3.8) is 0 Å². The van der Waals surface area contributed by atoms with Crippen LogP contribution in [0.4, 0.5) is 0 Å². The van der Waals surface area contributed by atoms with E-state index in [0.29, 0.717) is 5.78 Å². The second-order valence-electron chi connectivity index (χ2n) is 5.01. The van der Waals surface area contributed by atoms with Crippen molar-refractivity contribution in [3.05, 3.63) is 34.9 Å². The molecular weight excluding hydrogens is 184 g/mol. The Morgan fingerprint density at radius 3 is 2.13 bits per heavy atom. The van der Waals surface area contributed by atoms with Gasteiger partial charge in [-0.25, -0.2) is 0 Å². The van der Waals surface area contributed by atoms with E-state index in [1.807, 2.05) is 0 Å². The second-order valence-corrected chi connectivity index (χ2v) is 5.01. The van der Waals surface area contributed by atoms with Gasteiger partial charge in [-0.1, -0.05) is 29.3 Å². The lowest BCUT2D eigenvalue weighted by Gasteiger charge is -2.12. The van der Waals surface area contributed by atoms with Crippen molar-refractivity contribution in [1.82, 2.24) is 0 Å². The van der Waals surface area contributed by atoms with E-state index in [1.165, 1.54) is 16.7 Å². The highest BCUT2D eigenvalue weighted by molar-refractivity contribution is 5.85. The first kappa shape index (κ1) is 10.4. The van der Waals surface area contributed by atoms with E-state index in [0.717, 1.165) is 19.3 Å². The zero-order valence-corrected chi connectivity index (χ0v) is 9.76. The van der Waals surface area contributed by atoms with Crippen molar-refractivity contribution in [3.8, 4) is 0 Å². The van der Waals surface area contributed by atoms with Gasteiger partial charge in [-0.05, 0) is 45.6 Å². The Morgan fingerprint density at radius 2 is 1.73 bits per heavy atom. The summed E-state index contributed by atoms with van der Waals surface area (Å²) in [5, 5.41) is 0. The van der Waals surface area contributed by atoms with Crippen molar-refractivity contribution in [2.45, 2.75) is 40.0 Å². The van der Waals surface area contributed by atoms with Gasteiger partial charge in [-0.3, -0.25) is 4.79 Å². The number of hydrogen-bond donors (Lipinski definition) is 0. The molecule has 0 saturated heterocycles. The molecule has 0 amide bonds. The van der Waals surface area contributed by atoms with Crippen LogP contribution in [0.3, 0.4) is 0 Å². The summed E-state index contributed by atoms with van der Waals surface area (Å²) < 4.78 is 0. The van der Waals surface area contributed by atoms with E-state index in [4.69, 9.17) is 0 Å². The molecule has 1 fully saturated rings. The third-order valence-electron chi connectivity index (χ3n) is 3.42. The van der Waals surface area contributed by atoms with Gasteiger partial charge in [0.25, 0.3) is 0 Å². The minimum atomic E-state index is 0.000231. The fraction of sp³-hybridized carbons (Fsp3) is 0.500. The maximum absolute atomic E-state index is 11.5. The Hall–Kier alpha value is -1.11. The Labute approximate surface area is 91.5 Å². The second kappa shape index (κ2) is 3.48. The number of aryl methyl sites for hydroxylation is 2. The van der Waals surface area contributed by atoms with Gasteiger partial charge >= 0.3 is 0 Å². The Morgan fingerprint density at radius 1 is 1.20 bits per heavy atom.